The van der Waals surface area contributed by atoms with E-state index in [0.29, 0.717) is 18.9 Å². The number of nitrogens with one attached hydrogen (secondary N) is 1. The van der Waals surface area contributed by atoms with Gasteiger partial charge in [-0.3, -0.25) is 10.1 Å². The van der Waals surface area contributed by atoms with Crippen molar-refractivity contribution in [1.82, 2.24) is 4.72 Å². The second-order valence-electron chi connectivity index (χ2n) is 4.77. The summed E-state index contributed by atoms with van der Waals surface area (Å²) >= 11 is 0. The summed E-state index contributed by atoms with van der Waals surface area (Å²) in [6.07, 6.45) is 1.77. The highest BCUT2D eigenvalue weighted by atomic mass is 32.2. The minimum atomic E-state index is -4.04. The largest absolute Gasteiger partial charge is 0.394 e. The van der Waals surface area contributed by atoms with Crippen molar-refractivity contribution in [2.24, 2.45) is 0 Å². The lowest BCUT2D eigenvalue weighted by Crippen LogP contribution is -2.55. The molecule has 0 amide bonds. The summed E-state index contributed by atoms with van der Waals surface area (Å²) in [7, 11) is -4.04. The number of nitrogens with zero attached hydrogens (tertiary/aromatic N) is 1. The van der Waals surface area contributed by atoms with Gasteiger partial charge in [-0.2, -0.15) is 4.39 Å². The normalized spacial score (nSPS) is 17.5. The van der Waals surface area contributed by atoms with E-state index >= 15 is 0 Å². The Morgan fingerprint density at radius 1 is 1.45 bits per heavy atom. The molecule has 0 bridgehead atoms. The van der Waals surface area contributed by atoms with Gasteiger partial charge >= 0.3 is 5.69 Å². The first-order valence-electron chi connectivity index (χ1n) is 5.88. The SMILES string of the molecule is O=[N+]([O-])c1cc(S(=O)(=O)NC2(CO)CCC2)ccc1F. The first-order chi connectivity index (χ1) is 9.30. The fourth-order valence-corrected chi connectivity index (χ4v) is 3.51. The maximum absolute atomic E-state index is 13.2. The molecular formula is C11H13FN2O5S. The molecule has 110 valence electrons. The molecule has 9 heteroatoms. The number of halogens is 1. The molecule has 0 unspecified atom stereocenters. The van der Waals surface area contributed by atoms with Gasteiger partial charge in [-0.15, -0.1) is 0 Å². The predicted octanol–water partition coefficient (Wildman–Crippen LogP) is 0.927. The molecule has 0 radical (unpaired) electrons. The van der Waals surface area contributed by atoms with Crippen molar-refractivity contribution in [3.63, 3.8) is 0 Å². The minimum Gasteiger partial charge on any atom is -0.394 e. The van der Waals surface area contributed by atoms with Crippen LogP contribution in [0.25, 0.3) is 0 Å². The van der Waals surface area contributed by atoms with Gasteiger partial charge in [0.2, 0.25) is 15.8 Å². The number of aliphatic hydroxyl groups excluding tert-OH is 1. The number of nitro groups is 1. The number of sulfonamides is 1. The van der Waals surface area contributed by atoms with Crippen LogP contribution in [-0.4, -0.2) is 30.6 Å². The van der Waals surface area contributed by atoms with E-state index in [1.54, 1.807) is 0 Å². The number of nitro benzene ring substituents is 1. The summed E-state index contributed by atoms with van der Waals surface area (Å²) in [6.45, 7) is -0.352. The number of benzene rings is 1. The van der Waals surface area contributed by atoms with Gasteiger partial charge in [0.15, 0.2) is 0 Å². The maximum atomic E-state index is 13.2. The monoisotopic (exact) mass is 304 g/mol. The fourth-order valence-electron chi connectivity index (χ4n) is 2.04. The Hall–Kier alpha value is -1.58. The van der Waals surface area contributed by atoms with Crippen molar-refractivity contribution in [2.45, 2.75) is 29.7 Å². The van der Waals surface area contributed by atoms with Crippen molar-refractivity contribution in [3.8, 4) is 0 Å². The van der Waals surface area contributed by atoms with Gasteiger partial charge in [0.05, 0.1) is 22.0 Å². The highest BCUT2D eigenvalue weighted by Crippen LogP contribution is 2.33. The van der Waals surface area contributed by atoms with E-state index in [-0.39, 0.29) is 6.61 Å². The summed E-state index contributed by atoms with van der Waals surface area (Å²) in [6, 6.07) is 2.36. The molecule has 0 saturated heterocycles. The number of hydrogen-bond donors (Lipinski definition) is 2. The molecule has 1 aromatic carbocycles. The van der Waals surface area contributed by atoms with Crippen molar-refractivity contribution in [2.75, 3.05) is 6.61 Å². The Labute approximate surface area is 114 Å². The van der Waals surface area contributed by atoms with E-state index in [2.05, 4.69) is 4.72 Å². The third-order valence-corrected chi connectivity index (χ3v) is 4.97. The summed E-state index contributed by atoms with van der Waals surface area (Å²) in [5.41, 5.74) is -1.82. The smallest absolute Gasteiger partial charge is 0.306 e. The Morgan fingerprint density at radius 2 is 2.10 bits per heavy atom. The zero-order valence-corrected chi connectivity index (χ0v) is 11.2. The average molecular weight is 304 g/mol. The fraction of sp³-hybridized carbons (Fsp3) is 0.455. The molecule has 2 N–H and O–H groups in total. The number of rotatable bonds is 5. The molecule has 0 spiro atoms. The van der Waals surface area contributed by atoms with E-state index in [4.69, 9.17) is 0 Å². The number of aliphatic hydroxyl groups is 1. The van der Waals surface area contributed by atoms with Crippen molar-refractivity contribution in [1.29, 1.82) is 0 Å². The molecule has 2 rings (SSSR count). The average Bonchev–Trinajstić information content (AvgIpc) is 2.34. The lowest BCUT2D eigenvalue weighted by Gasteiger charge is -2.40. The lowest BCUT2D eigenvalue weighted by atomic mass is 9.78. The minimum absolute atomic E-state index is 0.352. The van der Waals surface area contributed by atoms with Gasteiger partial charge < -0.3 is 5.11 Å². The Kier molecular flexibility index (Phi) is 3.76. The molecule has 0 atom stereocenters. The first-order valence-corrected chi connectivity index (χ1v) is 7.37. The van der Waals surface area contributed by atoms with Crippen LogP contribution in [0.3, 0.4) is 0 Å². The highest BCUT2D eigenvalue weighted by molar-refractivity contribution is 7.89. The van der Waals surface area contributed by atoms with Crippen molar-refractivity contribution < 1.29 is 22.8 Å². The zero-order chi connectivity index (χ0) is 15.0. The molecule has 0 aliphatic heterocycles. The topological polar surface area (TPSA) is 110 Å². The van der Waals surface area contributed by atoms with Crippen LogP contribution in [0, 0.1) is 15.9 Å². The highest BCUT2D eigenvalue weighted by Gasteiger charge is 2.40. The molecule has 1 saturated carbocycles. The van der Waals surface area contributed by atoms with Crippen LogP contribution in [0.5, 0.6) is 0 Å². The summed E-state index contributed by atoms with van der Waals surface area (Å²) < 4.78 is 39.8. The van der Waals surface area contributed by atoms with Crippen molar-refractivity contribution >= 4 is 15.7 Å². The first kappa shape index (κ1) is 14.8. The Bertz CT molecular complexity index is 637. The van der Waals surface area contributed by atoms with E-state index < -0.39 is 36.9 Å². The van der Waals surface area contributed by atoms with Crippen LogP contribution in [0.15, 0.2) is 23.1 Å². The third kappa shape index (κ3) is 2.65. The van der Waals surface area contributed by atoms with Gasteiger partial charge in [0.25, 0.3) is 0 Å². The van der Waals surface area contributed by atoms with Crippen LogP contribution in [0.1, 0.15) is 19.3 Å². The summed E-state index contributed by atoms with van der Waals surface area (Å²) in [4.78, 5) is 9.24. The van der Waals surface area contributed by atoms with Gasteiger partial charge in [-0.05, 0) is 31.4 Å². The van der Waals surface area contributed by atoms with Gasteiger partial charge in [-0.25, -0.2) is 13.1 Å². The third-order valence-electron chi connectivity index (χ3n) is 3.39. The Balaban J connectivity index is 2.35. The number of hydrogen-bond acceptors (Lipinski definition) is 5. The lowest BCUT2D eigenvalue weighted by molar-refractivity contribution is -0.387. The predicted molar refractivity (Wildman–Crippen MR) is 67.0 cm³/mol. The summed E-state index contributed by atoms with van der Waals surface area (Å²) in [5.74, 6) is -1.10. The van der Waals surface area contributed by atoms with Crippen molar-refractivity contribution in [3.05, 3.63) is 34.1 Å². The van der Waals surface area contributed by atoms with Gasteiger partial charge in [0.1, 0.15) is 0 Å². The molecule has 7 nitrogen and oxygen atoms in total. The molecular weight excluding hydrogens is 291 g/mol. The molecule has 1 aromatic rings. The van der Waals surface area contributed by atoms with Crippen LogP contribution >= 0.6 is 0 Å². The molecule has 0 aromatic heterocycles. The van der Waals surface area contributed by atoms with Gasteiger partial charge in [-0.1, -0.05) is 0 Å². The quantitative estimate of drug-likeness (QED) is 0.621. The molecule has 0 heterocycles. The molecule has 1 aliphatic carbocycles. The van der Waals surface area contributed by atoms with E-state index in [9.17, 15) is 28.0 Å². The maximum Gasteiger partial charge on any atom is 0.306 e. The Morgan fingerprint density at radius 3 is 2.55 bits per heavy atom. The standard InChI is InChI=1S/C11H13FN2O5S/c12-9-3-2-8(6-10(9)14(16)17)20(18,19)13-11(7-15)4-1-5-11/h2-3,6,13,15H,1,4-5,7H2. The van der Waals surface area contributed by atoms with E-state index in [0.717, 1.165) is 18.6 Å². The zero-order valence-electron chi connectivity index (χ0n) is 10.4. The van der Waals surface area contributed by atoms with Crippen LogP contribution < -0.4 is 4.72 Å². The molecule has 1 aliphatic rings. The molecule has 1 fully saturated rings. The second kappa shape index (κ2) is 5.08. The second-order valence-corrected chi connectivity index (χ2v) is 6.45. The molecule has 20 heavy (non-hydrogen) atoms. The van der Waals surface area contributed by atoms with Crippen LogP contribution in [0.2, 0.25) is 0 Å². The van der Waals surface area contributed by atoms with E-state index in [1.165, 1.54) is 0 Å². The van der Waals surface area contributed by atoms with Crippen LogP contribution in [-0.2, 0) is 10.0 Å². The van der Waals surface area contributed by atoms with Crippen LogP contribution in [0.4, 0.5) is 10.1 Å². The van der Waals surface area contributed by atoms with E-state index in [1.807, 2.05) is 0 Å². The summed E-state index contributed by atoms with van der Waals surface area (Å²) in [5, 5.41) is 19.9. The van der Waals surface area contributed by atoms with Gasteiger partial charge in [0, 0.05) is 6.07 Å².